The molecule has 96 valence electrons. The smallest absolute Gasteiger partial charge is 0.119 e. The van der Waals surface area contributed by atoms with Gasteiger partial charge in [0.1, 0.15) is 18.5 Å². The zero-order chi connectivity index (χ0) is 12.7. The quantitative estimate of drug-likeness (QED) is 0.753. The third kappa shape index (κ3) is 5.68. The van der Waals surface area contributed by atoms with Crippen LogP contribution in [0.3, 0.4) is 0 Å². The second kappa shape index (κ2) is 7.27. The molecule has 0 bridgehead atoms. The fraction of sp³-hybridized carbons (Fsp3) is 0.538. The summed E-state index contributed by atoms with van der Waals surface area (Å²) in [7, 11) is 0. The molecule has 0 fully saturated rings. The van der Waals surface area contributed by atoms with E-state index in [1.165, 1.54) is 0 Å². The number of aliphatic hydroxyl groups excluding tert-OH is 1. The van der Waals surface area contributed by atoms with E-state index in [0.29, 0.717) is 6.54 Å². The minimum atomic E-state index is -0.612. The summed E-state index contributed by atoms with van der Waals surface area (Å²) < 4.78 is 10.7. The van der Waals surface area contributed by atoms with Crippen LogP contribution in [0.15, 0.2) is 24.3 Å². The van der Waals surface area contributed by atoms with Gasteiger partial charge in [0.2, 0.25) is 0 Å². The van der Waals surface area contributed by atoms with Crippen molar-refractivity contribution in [3.63, 3.8) is 0 Å². The predicted molar refractivity (Wildman–Crippen MR) is 66.9 cm³/mol. The van der Waals surface area contributed by atoms with E-state index in [1.54, 1.807) is 0 Å². The molecular formula is C13H21NO3. The van der Waals surface area contributed by atoms with Crippen molar-refractivity contribution in [3.05, 3.63) is 29.8 Å². The lowest BCUT2D eigenvalue weighted by Gasteiger charge is -2.14. The van der Waals surface area contributed by atoms with Gasteiger partial charge in [-0.25, -0.2) is 0 Å². The van der Waals surface area contributed by atoms with Crippen LogP contribution in [0.4, 0.5) is 0 Å². The van der Waals surface area contributed by atoms with Crippen molar-refractivity contribution in [2.45, 2.75) is 32.6 Å². The van der Waals surface area contributed by atoms with Crippen LogP contribution in [0.2, 0.25) is 0 Å². The van der Waals surface area contributed by atoms with Gasteiger partial charge in [-0.2, -0.15) is 0 Å². The third-order valence-electron chi connectivity index (χ3n) is 2.20. The highest BCUT2D eigenvalue weighted by Gasteiger charge is 2.06. The van der Waals surface area contributed by atoms with Gasteiger partial charge in [0.15, 0.2) is 0 Å². The zero-order valence-electron chi connectivity index (χ0n) is 10.4. The Morgan fingerprint density at radius 1 is 1.29 bits per heavy atom. The molecule has 0 radical (unpaired) electrons. The lowest BCUT2D eigenvalue weighted by Crippen LogP contribution is -2.25. The van der Waals surface area contributed by atoms with Crippen molar-refractivity contribution in [1.29, 1.82) is 0 Å². The summed E-state index contributed by atoms with van der Waals surface area (Å²) in [5.74, 6) is 0.719. The van der Waals surface area contributed by atoms with Crippen molar-refractivity contribution in [2.75, 3.05) is 13.2 Å². The van der Waals surface area contributed by atoms with E-state index in [9.17, 15) is 5.11 Å². The van der Waals surface area contributed by atoms with Crippen LogP contribution >= 0.6 is 0 Å². The molecule has 0 amide bonds. The Morgan fingerprint density at radius 3 is 2.71 bits per heavy atom. The fourth-order valence-electron chi connectivity index (χ4n) is 1.31. The molecule has 0 aliphatic carbocycles. The lowest BCUT2D eigenvalue weighted by atomic mass is 10.2. The minimum absolute atomic E-state index is 0.116. The van der Waals surface area contributed by atoms with Crippen LogP contribution in [-0.2, 0) is 11.3 Å². The van der Waals surface area contributed by atoms with Gasteiger partial charge in [0.25, 0.3) is 0 Å². The summed E-state index contributed by atoms with van der Waals surface area (Å²) in [5, 5.41) is 9.61. The number of hydrogen-bond acceptors (Lipinski definition) is 4. The number of nitrogens with two attached hydrogens (primary N) is 1. The first kappa shape index (κ1) is 14.0. The second-order valence-corrected chi connectivity index (χ2v) is 4.20. The summed E-state index contributed by atoms with van der Waals surface area (Å²) in [4.78, 5) is 0. The summed E-state index contributed by atoms with van der Waals surface area (Å²) in [6, 6.07) is 7.53. The van der Waals surface area contributed by atoms with E-state index >= 15 is 0 Å². The molecule has 0 aliphatic heterocycles. The van der Waals surface area contributed by atoms with Crippen LogP contribution in [0, 0.1) is 0 Å². The summed E-state index contributed by atoms with van der Waals surface area (Å²) >= 11 is 0. The Balaban J connectivity index is 2.33. The molecule has 1 unspecified atom stereocenters. The predicted octanol–water partition coefficient (Wildman–Crippen LogP) is 1.31. The van der Waals surface area contributed by atoms with Gasteiger partial charge in [-0.1, -0.05) is 12.1 Å². The average Bonchev–Trinajstić information content (AvgIpc) is 2.34. The Hall–Kier alpha value is -1.10. The van der Waals surface area contributed by atoms with Gasteiger partial charge in [0.05, 0.1) is 12.7 Å². The maximum atomic E-state index is 9.61. The molecular weight excluding hydrogens is 218 g/mol. The maximum absolute atomic E-state index is 9.61. The molecule has 0 saturated heterocycles. The topological polar surface area (TPSA) is 64.7 Å². The Morgan fingerprint density at radius 2 is 2.06 bits per heavy atom. The fourth-order valence-corrected chi connectivity index (χ4v) is 1.31. The second-order valence-electron chi connectivity index (χ2n) is 4.20. The normalized spacial score (nSPS) is 12.8. The minimum Gasteiger partial charge on any atom is -0.491 e. The van der Waals surface area contributed by atoms with E-state index in [2.05, 4.69) is 0 Å². The summed E-state index contributed by atoms with van der Waals surface area (Å²) in [6.45, 7) is 4.85. The van der Waals surface area contributed by atoms with E-state index < -0.39 is 6.10 Å². The maximum Gasteiger partial charge on any atom is 0.119 e. The monoisotopic (exact) mass is 239 g/mol. The van der Waals surface area contributed by atoms with Crippen LogP contribution in [0.1, 0.15) is 19.4 Å². The third-order valence-corrected chi connectivity index (χ3v) is 2.20. The molecule has 17 heavy (non-hydrogen) atoms. The van der Waals surface area contributed by atoms with Crippen molar-refractivity contribution in [2.24, 2.45) is 5.73 Å². The molecule has 1 aromatic carbocycles. The van der Waals surface area contributed by atoms with Gasteiger partial charge in [-0.05, 0) is 31.5 Å². The first-order valence-electron chi connectivity index (χ1n) is 5.83. The van der Waals surface area contributed by atoms with Crippen LogP contribution in [0.5, 0.6) is 5.75 Å². The lowest BCUT2D eigenvalue weighted by molar-refractivity contribution is -0.0122. The highest BCUT2D eigenvalue weighted by atomic mass is 16.5. The van der Waals surface area contributed by atoms with Crippen molar-refractivity contribution < 1.29 is 14.6 Å². The van der Waals surface area contributed by atoms with Gasteiger partial charge >= 0.3 is 0 Å². The van der Waals surface area contributed by atoms with Gasteiger partial charge < -0.3 is 20.3 Å². The highest BCUT2D eigenvalue weighted by molar-refractivity contribution is 5.28. The number of benzene rings is 1. The number of aliphatic hydroxyl groups is 1. The molecule has 4 heteroatoms. The number of ether oxygens (including phenoxy) is 2. The average molecular weight is 239 g/mol. The molecule has 0 aliphatic rings. The van der Waals surface area contributed by atoms with Crippen molar-refractivity contribution >= 4 is 0 Å². The van der Waals surface area contributed by atoms with Gasteiger partial charge in [-0.3, -0.25) is 0 Å². The highest BCUT2D eigenvalue weighted by Crippen LogP contribution is 2.13. The Labute approximate surface area is 102 Å². The summed E-state index contributed by atoms with van der Waals surface area (Å²) in [5.41, 5.74) is 6.54. The van der Waals surface area contributed by atoms with Gasteiger partial charge in [0, 0.05) is 6.54 Å². The van der Waals surface area contributed by atoms with Crippen LogP contribution in [-0.4, -0.2) is 30.5 Å². The van der Waals surface area contributed by atoms with Crippen molar-refractivity contribution in [1.82, 2.24) is 0 Å². The summed E-state index contributed by atoms with van der Waals surface area (Å²) in [6.07, 6.45) is -0.496. The molecule has 0 heterocycles. The Bertz CT molecular complexity index is 328. The standard InChI is InChI=1S/C13H21NO3/c1-10(2)16-8-12(15)9-17-13-5-3-4-11(6-13)7-14/h3-6,10,12,15H,7-9,14H2,1-2H3. The SMILES string of the molecule is CC(C)OCC(O)COc1cccc(CN)c1. The van der Waals surface area contributed by atoms with E-state index in [-0.39, 0.29) is 19.3 Å². The van der Waals surface area contributed by atoms with Crippen LogP contribution < -0.4 is 10.5 Å². The molecule has 0 aromatic heterocycles. The molecule has 1 aromatic rings. The molecule has 0 spiro atoms. The zero-order valence-corrected chi connectivity index (χ0v) is 10.4. The van der Waals surface area contributed by atoms with Crippen LogP contribution in [0.25, 0.3) is 0 Å². The van der Waals surface area contributed by atoms with E-state index in [0.717, 1.165) is 11.3 Å². The number of rotatable bonds is 7. The molecule has 4 nitrogen and oxygen atoms in total. The molecule has 3 N–H and O–H groups in total. The largest absolute Gasteiger partial charge is 0.491 e. The molecule has 0 saturated carbocycles. The first-order valence-corrected chi connectivity index (χ1v) is 5.83. The number of hydrogen-bond donors (Lipinski definition) is 2. The molecule has 1 atom stereocenters. The van der Waals surface area contributed by atoms with Gasteiger partial charge in [-0.15, -0.1) is 0 Å². The first-order chi connectivity index (χ1) is 8.11. The Kier molecular flexibility index (Phi) is 5.97. The van der Waals surface area contributed by atoms with E-state index in [4.69, 9.17) is 15.2 Å². The molecule has 1 rings (SSSR count). The van der Waals surface area contributed by atoms with E-state index in [1.807, 2.05) is 38.1 Å². The van der Waals surface area contributed by atoms with Crippen molar-refractivity contribution in [3.8, 4) is 5.75 Å².